The van der Waals surface area contributed by atoms with Crippen molar-refractivity contribution < 1.29 is 23.5 Å². The highest BCUT2D eigenvalue weighted by Crippen LogP contribution is 2.33. The molecule has 0 fully saturated rings. The number of para-hydroxylation sites is 2. The predicted molar refractivity (Wildman–Crippen MR) is 118 cm³/mol. The van der Waals surface area contributed by atoms with E-state index in [0.717, 1.165) is 0 Å². The number of nitrogens with one attached hydrogen (secondary N) is 1. The second-order valence-electron chi connectivity index (χ2n) is 6.74. The summed E-state index contributed by atoms with van der Waals surface area (Å²) in [6, 6.07) is 20.9. The lowest BCUT2D eigenvalue weighted by Gasteiger charge is -2.09. The minimum atomic E-state index is -0.398. The molecule has 1 amide bonds. The molecule has 4 rings (SSSR count). The zero-order valence-electron chi connectivity index (χ0n) is 17.2. The summed E-state index contributed by atoms with van der Waals surface area (Å²) in [5.41, 5.74) is 1.61. The number of benzene rings is 3. The molecule has 0 aliphatic heterocycles. The molecule has 0 saturated carbocycles. The quantitative estimate of drug-likeness (QED) is 0.413. The number of hydrogen-bond acceptors (Lipinski definition) is 5. The SMILES string of the molecule is CCOc1ccc(C(=O)c2oc3ccccc3c2NC(=O)c2ccccc2OC)cc1. The molecule has 31 heavy (non-hydrogen) atoms. The Balaban J connectivity index is 1.74. The van der Waals surface area contributed by atoms with Crippen molar-refractivity contribution in [2.45, 2.75) is 6.92 Å². The Morgan fingerprint density at radius 1 is 0.935 bits per heavy atom. The Morgan fingerprint density at radius 3 is 2.39 bits per heavy atom. The van der Waals surface area contributed by atoms with Gasteiger partial charge in [-0.25, -0.2) is 0 Å². The van der Waals surface area contributed by atoms with Crippen LogP contribution in [-0.2, 0) is 0 Å². The van der Waals surface area contributed by atoms with E-state index in [9.17, 15) is 9.59 Å². The number of fused-ring (bicyclic) bond motifs is 1. The van der Waals surface area contributed by atoms with Gasteiger partial charge in [0, 0.05) is 10.9 Å². The first-order valence-corrected chi connectivity index (χ1v) is 9.85. The normalized spacial score (nSPS) is 10.6. The smallest absolute Gasteiger partial charge is 0.259 e. The first kappa shape index (κ1) is 20.2. The van der Waals surface area contributed by atoms with E-state index in [2.05, 4.69) is 5.32 Å². The van der Waals surface area contributed by atoms with Crippen molar-refractivity contribution in [1.82, 2.24) is 0 Å². The van der Waals surface area contributed by atoms with Crippen LogP contribution in [0.3, 0.4) is 0 Å². The average Bonchev–Trinajstić information content (AvgIpc) is 3.17. The third-order valence-electron chi connectivity index (χ3n) is 4.82. The molecular formula is C25H21NO5. The fraction of sp³-hybridized carbons (Fsp3) is 0.120. The van der Waals surface area contributed by atoms with Gasteiger partial charge in [0.1, 0.15) is 17.1 Å². The van der Waals surface area contributed by atoms with E-state index in [-0.39, 0.29) is 11.5 Å². The molecule has 0 spiro atoms. The first-order valence-electron chi connectivity index (χ1n) is 9.85. The van der Waals surface area contributed by atoms with Crippen molar-refractivity contribution >= 4 is 28.3 Å². The average molecular weight is 415 g/mol. The molecule has 0 aliphatic carbocycles. The van der Waals surface area contributed by atoms with Crippen molar-refractivity contribution in [2.75, 3.05) is 19.0 Å². The molecule has 0 bridgehead atoms. The summed E-state index contributed by atoms with van der Waals surface area (Å²) in [6.07, 6.45) is 0. The highest BCUT2D eigenvalue weighted by molar-refractivity contribution is 6.19. The largest absolute Gasteiger partial charge is 0.496 e. The number of methoxy groups -OCH3 is 1. The molecule has 1 aromatic heterocycles. The van der Waals surface area contributed by atoms with E-state index in [1.165, 1.54) is 7.11 Å². The molecule has 0 aliphatic rings. The van der Waals surface area contributed by atoms with Crippen LogP contribution in [0.4, 0.5) is 5.69 Å². The Hall–Kier alpha value is -4.06. The summed E-state index contributed by atoms with van der Waals surface area (Å²) in [7, 11) is 1.50. The first-order chi connectivity index (χ1) is 15.1. The van der Waals surface area contributed by atoms with Gasteiger partial charge in [-0.2, -0.15) is 0 Å². The van der Waals surface area contributed by atoms with Crippen molar-refractivity contribution in [3.8, 4) is 11.5 Å². The standard InChI is InChI=1S/C25H21NO5/c1-3-30-17-14-12-16(13-15-17)23(27)24-22(18-8-4-7-11-21(18)31-24)26-25(28)19-9-5-6-10-20(19)29-2/h4-15H,3H2,1-2H3,(H,26,28). The zero-order chi connectivity index (χ0) is 21.8. The molecule has 156 valence electrons. The number of hydrogen-bond donors (Lipinski definition) is 1. The van der Waals surface area contributed by atoms with Gasteiger partial charge in [-0.15, -0.1) is 0 Å². The molecule has 0 radical (unpaired) electrons. The van der Waals surface area contributed by atoms with Gasteiger partial charge in [-0.3, -0.25) is 9.59 Å². The molecule has 6 nitrogen and oxygen atoms in total. The van der Waals surface area contributed by atoms with E-state index in [1.807, 2.05) is 19.1 Å². The summed E-state index contributed by atoms with van der Waals surface area (Å²) in [4.78, 5) is 26.2. The van der Waals surface area contributed by atoms with Gasteiger partial charge >= 0.3 is 0 Å². The van der Waals surface area contributed by atoms with Crippen LogP contribution in [0.5, 0.6) is 11.5 Å². The maximum Gasteiger partial charge on any atom is 0.259 e. The summed E-state index contributed by atoms with van der Waals surface area (Å²) in [5.74, 6) is 0.438. The lowest BCUT2D eigenvalue weighted by Crippen LogP contribution is -2.15. The summed E-state index contributed by atoms with van der Waals surface area (Å²) >= 11 is 0. The minimum Gasteiger partial charge on any atom is -0.496 e. The van der Waals surface area contributed by atoms with Crippen molar-refractivity contribution in [2.24, 2.45) is 0 Å². The number of ether oxygens (including phenoxy) is 2. The van der Waals surface area contributed by atoms with E-state index in [1.54, 1.807) is 60.7 Å². The van der Waals surface area contributed by atoms with Gasteiger partial charge in [0.15, 0.2) is 5.76 Å². The highest BCUT2D eigenvalue weighted by atomic mass is 16.5. The third-order valence-corrected chi connectivity index (χ3v) is 4.82. The van der Waals surface area contributed by atoms with Crippen LogP contribution >= 0.6 is 0 Å². The van der Waals surface area contributed by atoms with Crippen LogP contribution in [0.25, 0.3) is 11.0 Å². The fourth-order valence-electron chi connectivity index (χ4n) is 3.34. The van der Waals surface area contributed by atoms with E-state index >= 15 is 0 Å². The van der Waals surface area contributed by atoms with Gasteiger partial charge in [0.25, 0.3) is 5.91 Å². The number of rotatable bonds is 7. The van der Waals surface area contributed by atoms with E-state index in [4.69, 9.17) is 13.9 Å². The van der Waals surface area contributed by atoms with Gasteiger partial charge in [0.05, 0.1) is 25.0 Å². The Labute approximate surface area is 179 Å². The summed E-state index contributed by atoms with van der Waals surface area (Å²) in [6.45, 7) is 2.43. The monoisotopic (exact) mass is 415 g/mol. The van der Waals surface area contributed by atoms with Crippen molar-refractivity contribution in [3.63, 3.8) is 0 Å². The van der Waals surface area contributed by atoms with Crippen LogP contribution < -0.4 is 14.8 Å². The number of anilines is 1. The second-order valence-corrected chi connectivity index (χ2v) is 6.74. The molecule has 1 heterocycles. The third kappa shape index (κ3) is 4.00. The Kier molecular flexibility index (Phi) is 5.71. The number of ketones is 1. The van der Waals surface area contributed by atoms with Crippen LogP contribution in [0.1, 0.15) is 33.4 Å². The highest BCUT2D eigenvalue weighted by Gasteiger charge is 2.24. The second kappa shape index (κ2) is 8.75. The zero-order valence-corrected chi connectivity index (χ0v) is 17.2. The molecule has 0 saturated heterocycles. The van der Waals surface area contributed by atoms with Crippen LogP contribution in [0.15, 0.2) is 77.2 Å². The van der Waals surface area contributed by atoms with E-state index in [0.29, 0.717) is 45.9 Å². The topological polar surface area (TPSA) is 77.8 Å². The molecule has 6 heteroatoms. The molecule has 3 aromatic carbocycles. The number of amides is 1. The predicted octanol–water partition coefficient (Wildman–Crippen LogP) is 5.32. The molecular weight excluding hydrogens is 394 g/mol. The van der Waals surface area contributed by atoms with Gasteiger partial charge < -0.3 is 19.2 Å². The number of carbonyl (C=O) groups is 2. The lowest BCUT2D eigenvalue weighted by molar-refractivity contribution is 0.101. The number of furan rings is 1. The van der Waals surface area contributed by atoms with E-state index < -0.39 is 5.91 Å². The minimum absolute atomic E-state index is 0.0635. The van der Waals surface area contributed by atoms with Crippen molar-refractivity contribution in [1.29, 1.82) is 0 Å². The lowest BCUT2D eigenvalue weighted by atomic mass is 10.1. The molecule has 0 atom stereocenters. The van der Waals surface area contributed by atoms with Crippen LogP contribution in [-0.4, -0.2) is 25.4 Å². The van der Waals surface area contributed by atoms with Crippen LogP contribution in [0.2, 0.25) is 0 Å². The Bertz CT molecular complexity index is 1240. The van der Waals surface area contributed by atoms with Crippen LogP contribution in [0, 0.1) is 0 Å². The molecule has 4 aromatic rings. The van der Waals surface area contributed by atoms with Crippen molar-refractivity contribution in [3.05, 3.63) is 89.7 Å². The summed E-state index contributed by atoms with van der Waals surface area (Å²) in [5, 5.41) is 3.49. The Morgan fingerprint density at radius 2 is 1.65 bits per heavy atom. The molecule has 0 unspecified atom stereocenters. The maximum absolute atomic E-state index is 13.2. The number of carbonyl (C=O) groups excluding carboxylic acids is 2. The maximum atomic E-state index is 13.2. The summed E-state index contributed by atoms with van der Waals surface area (Å²) < 4.78 is 16.6. The van der Waals surface area contributed by atoms with Gasteiger partial charge in [0.2, 0.25) is 5.78 Å². The van der Waals surface area contributed by atoms with Gasteiger partial charge in [-0.05, 0) is 55.5 Å². The molecule has 1 N–H and O–H groups in total. The van der Waals surface area contributed by atoms with Gasteiger partial charge in [-0.1, -0.05) is 24.3 Å². The fourth-order valence-corrected chi connectivity index (χ4v) is 3.34.